The number of halogens is 1. The Bertz CT molecular complexity index is 892. The molecule has 0 fully saturated rings. The van der Waals surface area contributed by atoms with Crippen LogP contribution in [0.5, 0.6) is 5.75 Å². The quantitative estimate of drug-likeness (QED) is 0.702. The first-order valence-electron chi connectivity index (χ1n) is 7.08. The second kappa shape index (κ2) is 6.76. The molecule has 3 aromatic rings. The highest BCUT2D eigenvalue weighted by molar-refractivity contribution is 8.14. The zero-order valence-corrected chi connectivity index (χ0v) is 14.3. The number of hydrogen-bond acceptors (Lipinski definition) is 3. The van der Waals surface area contributed by atoms with Crippen molar-refractivity contribution in [2.24, 2.45) is 0 Å². The van der Waals surface area contributed by atoms with Crippen molar-refractivity contribution >= 4 is 37.9 Å². The van der Waals surface area contributed by atoms with Crippen LogP contribution in [0.15, 0.2) is 53.4 Å². The Hall–Kier alpha value is -2.15. The highest BCUT2D eigenvalue weighted by Gasteiger charge is 2.31. The van der Waals surface area contributed by atoms with E-state index in [1.807, 2.05) is 30.3 Å². The maximum absolute atomic E-state index is 12.0. The first-order chi connectivity index (χ1) is 11.5. The van der Waals surface area contributed by atoms with Gasteiger partial charge in [0.05, 0.1) is 18.0 Å². The number of nitrogens with zero attached hydrogens (tertiary/aromatic N) is 1. The molecule has 124 valence electrons. The molecule has 0 saturated heterocycles. The molecule has 0 amide bonds. The summed E-state index contributed by atoms with van der Waals surface area (Å²) in [6, 6.07) is 14.6. The second-order valence-corrected chi connectivity index (χ2v) is 6.86. The van der Waals surface area contributed by atoms with Crippen molar-refractivity contribution in [3.8, 4) is 5.75 Å². The van der Waals surface area contributed by atoms with Crippen molar-refractivity contribution in [3.63, 3.8) is 0 Å². The molecule has 0 aliphatic heterocycles. The lowest BCUT2D eigenvalue weighted by Gasteiger charge is -2.08. The lowest BCUT2D eigenvalue weighted by Crippen LogP contribution is -2.12. The van der Waals surface area contributed by atoms with Gasteiger partial charge in [-0.25, -0.2) is 4.79 Å². The van der Waals surface area contributed by atoms with E-state index in [0.29, 0.717) is 23.2 Å². The van der Waals surface area contributed by atoms with E-state index in [-0.39, 0.29) is 10.6 Å². The summed E-state index contributed by atoms with van der Waals surface area (Å²) in [5, 5.41) is 10.2. The van der Waals surface area contributed by atoms with Gasteiger partial charge in [0.1, 0.15) is 16.1 Å². The lowest BCUT2D eigenvalue weighted by molar-refractivity contribution is 0.0682. The maximum Gasteiger partial charge on any atom is 0.357 e. The zero-order valence-electron chi connectivity index (χ0n) is 12.7. The highest BCUT2D eigenvalue weighted by atomic mass is 35.7. The summed E-state index contributed by atoms with van der Waals surface area (Å²) in [5.41, 5.74) is 1.50. The van der Waals surface area contributed by atoms with Crippen molar-refractivity contribution in [2.45, 2.75) is 11.4 Å². The summed E-state index contributed by atoms with van der Waals surface area (Å²) in [5.74, 6) is -0.634. The van der Waals surface area contributed by atoms with Gasteiger partial charge in [0, 0.05) is 6.54 Å². The van der Waals surface area contributed by atoms with E-state index in [0.717, 1.165) is 5.56 Å². The van der Waals surface area contributed by atoms with Crippen molar-refractivity contribution in [3.05, 3.63) is 59.8 Å². The molecule has 0 aliphatic rings. The highest BCUT2D eigenvalue weighted by Crippen LogP contribution is 2.35. The fraction of sp³-hybridized carbons (Fsp3) is 0.118. The van der Waals surface area contributed by atoms with Gasteiger partial charge in [-0.1, -0.05) is 30.3 Å². The van der Waals surface area contributed by atoms with E-state index >= 15 is 0 Å². The molecule has 0 spiro atoms. The van der Waals surface area contributed by atoms with E-state index < -0.39 is 16.4 Å². The molecule has 0 saturated carbocycles. The van der Waals surface area contributed by atoms with Crippen LogP contribution < -0.4 is 4.74 Å². The summed E-state index contributed by atoms with van der Waals surface area (Å²) >= 11 is 0. The van der Waals surface area contributed by atoms with Crippen molar-refractivity contribution in [1.29, 1.82) is 0 Å². The SMILES string of the molecule is COc1ccc2c(c1)c([S+]([O-])Cl)c(C(=O)O)n2Cc1ccccc1. The fourth-order valence-corrected chi connectivity index (χ4v) is 3.89. The van der Waals surface area contributed by atoms with Crippen LogP contribution in [0.1, 0.15) is 16.1 Å². The molecule has 2 aromatic carbocycles. The largest absolute Gasteiger partial charge is 0.594 e. The van der Waals surface area contributed by atoms with E-state index in [1.165, 1.54) is 7.11 Å². The monoisotopic (exact) mass is 363 g/mol. The van der Waals surface area contributed by atoms with Gasteiger partial charge in [-0.3, -0.25) is 0 Å². The van der Waals surface area contributed by atoms with Gasteiger partial charge in [-0.2, -0.15) is 0 Å². The molecule has 1 N–H and O–H groups in total. The number of carboxylic acids is 1. The Balaban J connectivity index is 2.30. The van der Waals surface area contributed by atoms with Crippen LogP contribution in [-0.2, 0) is 16.9 Å². The first kappa shape index (κ1) is 16.7. The number of aromatic nitrogens is 1. The lowest BCUT2D eigenvalue weighted by atomic mass is 10.2. The van der Waals surface area contributed by atoms with Gasteiger partial charge >= 0.3 is 5.97 Å². The second-order valence-electron chi connectivity index (χ2n) is 5.16. The summed E-state index contributed by atoms with van der Waals surface area (Å²) in [6.45, 7) is 0.333. The third-order valence-corrected chi connectivity index (χ3v) is 4.97. The predicted molar refractivity (Wildman–Crippen MR) is 93.3 cm³/mol. The number of methoxy groups -OCH3 is 1. The summed E-state index contributed by atoms with van der Waals surface area (Å²) in [7, 11) is 5.34. The third kappa shape index (κ3) is 2.96. The number of aromatic carboxylic acids is 1. The number of carbonyl (C=O) groups is 1. The van der Waals surface area contributed by atoms with E-state index in [2.05, 4.69) is 0 Å². The van der Waals surface area contributed by atoms with Crippen LogP contribution in [0.3, 0.4) is 0 Å². The molecular weight excluding hydrogens is 350 g/mol. The Labute approximate surface area is 146 Å². The van der Waals surface area contributed by atoms with E-state index in [1.54, 1.807) is 22.8 Å². The van der Waals surface area contributed by atoms with Crippen LogP contribution in [0.2, 0.25) is 0 Å². The topological polar surface area (TPSA) is 74.5 Å². The zero-order chi connectivity index (χ0) is 17.3. The van der Waals surface area contributed by atoms with Gasteiger partial charge in [0.15, 0.2) is 16.4 Å². The third-order valence-electron chi connectivity index (χ3n) is 3.77. The molecular formula is C17H14ClNO4S. The van der Waals surface area contributed by atoms with E-state index in [9.17, 15) is 14.5 Å². The van der Waals surface area contributed by atoms with Gasteiger partial charge in [0.25, 0.3) is 0 Å². The van der Waals surface area contributed by atoms with E-state index in [4.69, 9.17) is 15.4 Å². The average Bonchev–Trinajstić information content (AvgIpc) is 2.89. The smallest absolute Gasteiger partial charge is 0.357 e. The normalized spacial score (nSPS) is 12.3. The summed E-state index contributed by atoms with van der Waals surface area (Å²) in [6.07, 6.45) is 0. The molecule has 0 radical (unpaired) electrons. The average molecular weight is 364 g/mol. The molecule has 0 bridgehead atoms. The number of rotatable bonds is 5. The Morgan fingerprint density at radius 2 is 2.00 bits per heavy atom. The number of carboxylic acid groups (broad SMARTS) is 1. The number of ether oxygens (including phenoxy) is 1. The molecule has 1 aromatic heterocycles. The Morgan fingerprint density at radius 3 is 2.58 bits per heavy atom. The van der Waals surface area contributed by atoms with Crippen molar-refractivity contribution in [2.75, 3.05) is 7.11 Å². The van der Waals surface area contributed by atoms with Gasteiger partial charge in [-0.05, 0) is 23.8 Å². The standard InChI is InChI=1S/C17H14ClNO4S/c1-23-12-7-8-14-13(9-12)16(24(18)22)15(17(20)21)19(14)10-11-5-3-2-4-6-11/h2-9H,10H2,1H3,(H,20,21). The predicted octanol–water partition coefficient (Wildman–Crippen LogP) is 3.66. The molecule has 1 atom stereocenters. The van der Waals surface area contributed by atoms with Crippen LogP contribution in [0.25, 0.3) is 10.9 Å². The van der Waals surface area contributed by atoms with Crippen LogP contribution in [0.4, 0.5) is 0 Å². The van der Waals surface area contributed by atoms with Crippen molar-refractivity contribution in [1.82, 2.24) is 4.57 Å². The molecule has 1 heterocycles. The number of fused-ring (bicyclic) bond motifs is 1. The minimum Gasteiger partial charge on any atom is -0.594 e. The molecule has 7 heteroatoms. The van der Waals surface area contributed by atoms with Crippen LogP contribution in [0, 0.1) is 0 Å². The van der Waals surface area contributed by atoms with Crippen LogP contribution >= 0.6 is 10.7 Å². The first-order valence-corrected chi connectivity index (χ1v) is 9.06. The van der Waals surface area contributed by atoms with Gasteiger partial charge in [-0.15, -0.1) is 0 Å². The number of hydrogen-bond donors (Lipinski definition) is 1. The minimum absolute atomic E-state index is 0.0737. The fourth-order valence-electron chi connectivity index (χ4n) is 2.74. The van der Waals surface area contributed by atoms with Gasteiger partial charge < -0.3 is 19.0 Å². The Morgan fingerprint density at radius 1 is 1.29 bits per heavy atom. The van der Waals surface area contributed by atoms with Crippen LogP contribution in [-0.4, -0.2) is 27.3 Å². The number of benzene rings is 2. The minimum atomic E-state index is -1.97. The summed E-state index contributed by atoms with van der Waals surface area (Å²) in [4.78, 5) is 11.9. The summed E-state index contributed by atoms with van der Waals surface area (Å²) < 4.78 is 18.8. The molecule has 5 nitrogen and oxygen atoms in total. The molecule has 24 heavy (non-hydrogen) atoms. The van der Waals surface area contributed by atoms with Gasteiger partial charge in [0.2, 0.25) is 4.90 Å². The Kier molecular flexibility index (Phi) is 4.71. The molecule has 0 aliphatic carbocycles. The molecule has 1 unspecified atom stereocenters. The van der Waals surface area contributed by atoms with Crippen molar-refractivity contribution < 1.29 is 19.2 Å². The maximum atomic E-state index is 12.0. The molecule has 3 rings (SSSR count).